The molecule has 88 valence electrons. The van der Waals surface area contributed by atoms with Crippen molar-refractivity contribution >= 4 is 33.2 Å². The van der Waals surface area contributed by atoms with Gasteiger partial charge >= 0.3 is 5.97 Å². The second kappa shape index (κ2) is 5.27. The van der Waals surface area contributed by atoms with E-state index in [4.69, 9.17) is 5.11 Å². The van der Waals surface area contributed by atoms with Crippen LogP contribution < -0.4 is 5.32 Å². The van der Waals surface area contributed by atoms with Crippen molar-refractivity contribution in [3.63, 3.8) is 0 Å². The zero-order valence-corrected chi connectivity index (χ0v) is 11.1. The topological polar surface area (TPSA) is 52.6 Å². The Bertz CT molecular complexity index is 383. The van der Waals surface area contributed by atoms with Gasteiger partial charge in [0.2, 0.25) is 0 Å². The number of carboxylic acids is 1. The van der Waals surface area contributed by atoms with E-state index in [1.54, 1.807) is 11.3 Å². The molecule has 2 N–H and O–H groups in total. The van der Waals surface area contributed by atoms with Gasteiger partial charge in [-0.3, -0.25) is 9.69 Å². The third-order valence-electron chi connectivity index (χ3n) is 2.63. The van der Waals surface area contributed by atoms with Crippen molar-refractivity contribution in [1.29, 1.82) is 0 Å². The fraction of sp³-hybridized carbons (Fsp3) is 0.500. The molecule has 0 bridgehead atoms. The smallest absolute Gasteiger partial charge is 0.322 e. The molecule has 0 saturated carbocycles. The van der Waals surface area contributed by atoms with Crippen molar-refractivity contribution in [1.82, 2.24) is 10.2 Å². The molecule has 1 saturated heterocycles. The molecule has 16 heavy (non-hydrogen) atoms. The van der Waals surface area contributed by atoms with Gasteiger partial charge in [-0.05, 0) is 28.1 Å². The van der Waals surface area contributed by atoms with E-state index in [0.29, 0.717) is 6.54 Å². The lowest BCUT2D eigenvalue weighted by atomic mass is 10.2. The first-order chi connectivity index (χ1) is 7.66. The number of carbonyl (C=O) groups is 1. The molecule has 1 aromatic rings. The molecule has 1 aliphatic rings. The number of halogens is 1. The number of nitrogens with zero attached hydrogens (tertiary/aromatic N) is 1. The van der Waals surface area contributed by atoms with E-state index in [9.17, 15) is 4.79 Å². The van der Waals surface area contributed by atoms with E-state index in [2.05, 4.69) is 21.2 Å². The van der Waals surface area contributed by atoms with Gasteiger partial charge in [0.1, 0.15) is 6.04 Å². The quantitative estimate of drug-likeness (QED) is 0.885. The number of nitrogens with one attached hydrogen (secondary N) is 1. The summed E-state index contributed by atoms with van der Waals surface area (Å²) in [4.78, 5) is 14.3. The lowest BCUT2D eigenvalue weighted by Gasteiger charge is -2.32. The molecule has 6 heteroatoms. The largest absolute Gasteiger partial charge is 0.480 e. The van der Waals surface area contributed by atoms with Crippen LogP contribution in [0.4, 0.5) is 0 Å². The van der Waals surface area contributed by atoms with Crippen molar-refractivity contribution in [3.05, 3.63) is 20.8 Å². The molecule has 1 unspecified atom stereocenters. The van der Waals surface area contributed by atoms with Crippen molar-refractivity contribution < 1.29 is 9.90 Å². The van der Waals surface area contributed by atoms with Gasteiger partial charge in [-0.25, -0.2) is 0 Å². The Morgan fingerprint density at radius 1 is 1.69 bits per heavy atom. The Hall–Kier alpha value is -0.430. The first kappa shape index (κ1) is 12.0. The summed E-state index contributed by atoms with van der Waals surface area (Å²) in [5.41, 5.74) is 0. The number of piperazine rings is 1. The molecule has 0 aromatic carbocycles. The minimum atomic E-state index is -0.747. The van der Waals surface area contributed by atoms with Gasteiger partial charge in [-0.2, -0.15) is 0 Å². The molecule has 0 radical (unpaired) electrons. The van der Waals surface area contributed by atoms with E-state index < -0.39 is 12.0 Å². The van der Waals surface area contributed by atoms with Gasteiger partial charge in [0, 0.05) is 31.1 Å². The van der Waals surface area contributed by atoms with Gasteiger partial charge < -0.3 is 10.4 Å². The lowest BCUT2D eigenvalue weighted by Crippen LogP contribution is -2.54. The Morgan fingerprint density at radius 3 is 3.12 bits per heavy atom. The summed E-state index contributed by atoms with van der Waals surface area (Å²) in [5, 5.41) is 12.2. The van der Waals surface area contributed by atoms with Gasteiger partial charge in [0.15, 0.2) is 0 Å². The molecular formula is C10H13BrN2O2S. The van der Waals surface area contributed by atoms with Crippen molar-refractivity contribution in [2.24, 2.45) is 0 Å². The predicted molar refractivity (Wildman–Crippen MR) is 66.7 cm³/mol. The summed E-state index contributed by atoms with van der Waals surface area (Å²) in [6.45, 7) is 2.89. The summed E-state index contributed by atoms with van der Waals surface area (Å²) >= 11 is 5.07. The third kappa shape index (κ3) is 2.82. The number of hydrogen-bond donors (Lipinski definition) is 2. The Labute approximate surface area is 106 Å². The average molecular weight is 305 g/mol. The summed E-state index contributed by atoms with van der Waals surface area (Å²) in [6.07, 6.45) is 0. The van der Waals surface area contributed by atoms with Crippen LogP contribution in [0.15, 0.2) is 15.9 Å². The molecule has 0 amide bonds. The van der Waals surface area contributed by atoms with Crippen LogP contribution in [0.1, 0.15) is 4.88 Å². The predicted octanol–water partition coefficient (Wildman–Crippen LogP) is 1.37. The van der Waals surface area contributed by atoms with Crippen LogP contribution >= 0.6 is 27.3 Å². The number of rotatable bonds is 3. The van der Waals surface area contributed by atoms with Crippen molar-refractivity contribution in [2.45, 2.75) is 12.6 Å². The highest BCUT2D eigenvalue weighted by Gasteiger charge is 2.28. The normalized spacial score (nSPS) is 22.2. The van der Waals surface area contributed by atoms with Gasteiger partial charge in [-0.1, -0.05) is 0 Å². The van der Waals surface area contributed by atoms with E-state index in [1.165, 1.54) is 4.88 Å². The summed E-state index contributed by atoms with van der Waals surface area (Å²) in [6, 6.07) is 3.63. The standard InChI is InChI=1S/C10H13BrN2O2S/c11-9-2-1-7(16-9)6-13-4-3-12-5-8(13)10(14)15/h1-2,8,12H,3-6H2,(H,14,15). The summed E-state index contributed by atoms with van der Waals surface area (Å²) in [5.74, 6) is -0.747. The molecule has 1 atom stereocenters. The van der Waals surface area contributed by atoms with Crippen molar-refractivity contribution in [3.8, 4) is 0 Å². The number of aliphatic carboxylic acids is 1. The number of hydrogen-bond acceptors (Lipinski definition) is 4. The average Bonchev–Trinajstić information content (AvgIpc) is 2.64. The van der Waals surface area contributed by atoms with Crippen molar-refractivity contribution in [2.75, 3.05) is 19.6 Å². The molecule has 0 spiro atoms. The van der Waals surface area contributed by atoms with Crippen LogP contribution in [-0.2, 0) is 11.3 Å². The van der Waals surface area contributed by atoms with Gasteiger partial charge in [-0.15, -0.1) is 11.3 Å². The molecule has 0 aliphatic carbocycles. The van der Waals surface area contributed by atoms with E-state index in [0.717, 1.165) is 23.4 Å². The highest BCUT2D eigenvalue weighted by Crippen LogP contribution is 2.24. The highest BCUT2D eigenvalue weighted by molar-refractivity contribution is 9.11. The minimum absolute atomic E-state index is 0.408. The molecule has 2 heterocycles. The van der Waals surface area contributed by atoms with Crippen LogP contribution in [0, 0.1) is 0 Å². The maximum Gasteiger partial charge on any atom is 0.322 e. The minimum Gasteiger partial charge on any atom is -0.480 e. The molecule has 4 nitrogen and oxygen atoms in total. The number of thiophene rings is 1. The van der Waals surface area contributed by atoms with Crippen LogP contribution in [-0.4, -0.2) is 41.7 Å². The van der Waals surface area contributed by atoms with Gasteiger partial charge in [0.25, 0.3) is 0 Å². The van der Waals surface area contributed by atoms with Crippen LogP contribution in [0.5, 0.6) is 0 Å². The zero-order chi connectivity index (χ0) is 11.5. The third-order valence-corrected chi connectivity index (χ3v) is 4.24. The molecule has 2 rings (SSSR count). The second-order valence-corrected chi connectivity index (χ2v) is 6.28. The molecule has 1 fully saturated rings. The highest BCUT2D eigenvalue weighted by atomic mass is 79.9. The van der Waals surface area contributed by atoms with E-state index in [1.807, 2.05) is 17.0 Å². The maximum atomic E-state index is 11.1. The SMILES string of the molecule is O=C(O)C1CNCCN1Cc1ccc(Br)s1. The molecular weight excluding hydrogens is 292 g/mol. The molecule has 1 aliphatic heterocycles. The maximum absolute atomic E-state index is 11.1. The summed E-state index contributed by atoms with van der Waals surface area (Å²) in [7, 11) is 0. The first-order valence-corrected chi connectivity index (χ1v) is 6.69. The van der Waals surface area contributed by atoms with Gasteiger partial charge in [0.05, 0.1) is 3.79 Å². The van der Waals surface area contributed by atoms with E-state index in [-0.39, 0.29) is 0 Å². The van der Waals surface area contributed by atoms with E-state index >= 15 is 0 Å². The van der Waals surface area contributed by atoms with Crippen LogP contribution in [0.25, 0.3) is 0 Å². The Kier molecular flexibility index (Phi) is 3.96. The zero-order valence-electron chi connectivity index (χ0n) is 8.65. The number of carboxylic acid groups (broad SMARTS) is 1. The second-order valence-electron chi connectivity index (χ2n) is 3.73. The molecule has 1 aromatic heterocycles. The first-order valence-electron chi connectivity index (χ1n) is 5.08. The summed E-state index contributed by atoms with van der Waals surface area (Å²) < 4.78 is 1.09. The monoisotopic (exact) mass is 304 g/mol. The Balaban J connectivity index is 2.03. The fourth-order valence-electron chi connectivity index (χ4n) is 1.82. The van der Waals surface area contributed by atoms with Crippen LogP contribution in [0.3, 0.4) is 0 Å². The fourth-order valence-corrected chi connectivity index (χ4v) is 3.32. The van der Waals surface area contributed by atoms with Crippen LogP contribution in [0.2, 0.25) is 0 Å². The Morgan fingerprint density at radius 2 is 2.50 bits per heavy atom. The lowest BCUT2D eigenvalue weighted by molar-refractivity contribution is -0.144.